The summed E-state index contributed by atoms with van der Waals surface area (Å²) in [6, 6.07) is 0. The van der Waals surface area contributed by atoms with Crippen LogP contribution >= 0.6 is 0 Å². The molecule has 14 heavy (non-hydrogen) atoms. The standard InChI is InChI=1S/C12H23NO/c1-12(8-4-3-5-9-12)10-6-7-11(14)13-2/h3-10H2,1-2H3,(H,13,14). The van der Waals surface area contributed by atoms with Gasteiger partial charge in [-0.2, -0.15) is 0 Å². The number of carbonyl (C=O) groups is 1. The van der Waals surface area contributed by atoms with Gasteiger partial charge in [0.1, 0.15) is 0 Å². The molecular formula is C12H23NO. The molecule has 2 heteroatoms. The molecule has 82 valence electrons. The first-order valence-corrected chi connectivity index (χ1v) is 5.87. The minimum absolute atomic E-state index is 0.185. The van der Waals surface area contributed by atoms with Crippen LogP contribution in [0.2, 0.25) is 0 Å². The average molecular weight is 197 g/mol. The van der Waals surface area contributed by atoms with Crippen molar-refractivity contribution in [1.82, 2.24) is 5.32 Å². The van der Waals surface area contributed by atoms with Crippen molar-refractivity contribution < 1.29 is 4.79 Å². The van der Waals surface area contributed by atoms with Crippen molar-refractivity contribution >= 4 is 5.91 Å². The third kappa shape index (κ3) is 3.69. The van der Waals surface area contributed by atoms with Crippen LogP contribution in [0.3, 0.4) is 0 Å². The first-order valence-electron chi connectivity index (χ1n) is 5.87. The molecule has 0 aliphatic heterocycles. The van der Waals surface area contributed by atoms with Crippen molar-refractivity contribution in [3.63, 3.8) is 0 Å². The second-order valence-corrected chi connectivity index (χ2v) is 4.90. The molecule has 0 radical (unpaired) electrons. The zero-order valence-electron chi connectivity index (χ0n) is 9.57. The minimum Gasteiger partial charge on any atom is -0.359 e. The van der Waals surface area contributed by atoms with Gasteiger partial charge in [-0.3, -0.25) is 4.79 Å². The summed E-state index contributed by atoms with van der Waals surface area (Å²) >= 11 is 0. The van der Waals surface area contributed by atoms with E-state index in [0.717, 1.165) is 6.42 Å². The highest BCUT2D eigenvalue weighted by Crippen LogP contribution is 2.39. The maximum Gasteiger partial charge on any atom is 0.219 e. The van der Waals surface area contributed by atoms with E-state index >= 15 is 0 Å². The Labute approximate surface area is 87.5 Å². The number of nitrogens with one attached hydrogen (secondary N) is 1. The highest BCUT2D eigenvalue weighted by Gasteiger charge is 2.25. The van der Waals surface area contributed by atoms with Crippen molar-refractivity contribution in [3.8, 4) is 0 Å². The summed E-state index contributed by atoms with van der Waals surface area (Å²) < 4.78 is 0. The third-order valence-electron chi connectivity index (χ3n) is 3.52. The fraction of sp³-hybridized carbons (Fsp3) is 0.917. The molecule has 0 unspecified atom stereocenters. The predicted octanol–water partition coefficient (Wildman–Crippen LogP) is 2.87. The Bertz CT molecular complexity index is 183. The van der Waals surface area contributed by atoms with Gasteiger partial charge < -0.3 is 5.32 Å². The van der Waals surface area contributed by atoms with Gasteiger partial charge in [-0.1, -0.05) is 26.2 Å². The van der Waals surface area contributed by atoms with E-state index in [-0.39, 0.29) is 5.91 Å². The predicted molar refractivity (Wildman–Crippen MR) is 59.1 cm³/mol. The Balaban J connectivity index is 2.18. The van der Waals surface area contributed by atoms with E-state index in [2.05, 4.69) is 12.2 Å². The van der Waals surface area contributed by atoms with Crippen LogP contribution in [0.1, 0.15) is 58.3 Å². The molecule has 0 saturated heterocycles. The van der Waals surface area contributed by atoms with Crippen LogP contribution in [-0.4, -0.2) is 13.0 Å². The fourth-order valence-electron chi connectivity index (χ4n) is 2.46. The number of carbonyl (C=O) groups excluding carboxylic acids is 1. The Morgan fingerprint density at radius 3 is 2.50 bits per heavy atom. The topological polar surface area (TPSA) is 29.1 Å². The SMILES string of the molecule is CNC(=O)CCCC1(C)CCCCC1. The van der Waals surface area contributed by atoms with E-state index in [1.165, 1.54) is 38.5 Å². The Kier molecular flexibility index (Phi) is 4.43. The molecule has 1 aliphatic carbocycles. The first-order chi connectivity index (χ1) is 6.66. The summed E-state index contributed by atoms with van der Waals surface area (Å²) in [5.41, 5.74) is 0.534. The zero-order valence-corrected chi connectivity index (χ0v) is 9.57. The van der Waals surface area contributed by atoms with E-state index in [4.69, 9.17) is 0 Å². The van der Waals surface area contributed by atoms with Crippen LogP contribution < -0.4 is 5.32 Å². The molecule has 0 heterocycles. The second kappa shape index (κ2) is 5.38. The van der Waals surface area contributed by atoms with Gasteiger partial charge in [0.2, 0.25) is 5.91 Å². The maximum absolute atomic E-state index is 11.0. The lowest BCUT2D eigenvalue weighted by Crippen LogP contribution is -2.22. The molecule has 1 aliphatic rings. The molecule has 0 spiro atoms. The number of hydrogen-bond acceptors (Lipinski definition) is 1. The van der Waals surface area contributed by atoms with E-state index in [0.29, 0.717) is 11.8 Å². The Morgan fingerprint density at radius 2 is 1.93 bits per heavy atom. The van der Waals surface area contributed by atoms with Gasteiger partial charge in [-0.25, -0.2) is 0 Å². The van der Waals surface area contributed by atoms with Crippen LogP contribution in [-0.2, 0) is 4.79 Å². The number of amides is 1. The summed E-state index contributed by atoms with van der Waals surface area (Å²) in [4.78, 5) is 11.0. The molecule has 0 atom stereocenters. The molecular weight excluding hydrogens is 174 g/mol. The summed E-state index contributed by atoms with van der Waals surface area (Å²) in [7, 11) is 1.71. The zero-order chi connectivity index (χ0) is 10.4. The summed E-state index contributed by atoms with van der Waals surface area (Å²) in [6.45, 7) is 2.38. The number of hydrogen-bond donors (Lipinski definition) is 1. The minimum atomic E-state index is 0.185. The maximum atomic E-state index is 11.0. The van der Waals surface area contributed by atoms with Crippen molar-refractivity contribution in [1.29, 1.82) is 0 Å². The quantitative estimate of drug-likeness (QED) is 0.737. The van der Waals surface area contributed by atoms with Gasteiger partial charge >= 0.3 is 0 Å². The van der Waals surface area contributed by atoms with Crippen LogP contribution in [0.25, 0.3) is 0 Å². The molecule has 0 aromatic rings. The number of rotatable bonds is 4. The first kappa shape index (κ1) is 11.5. The molecule has 0 aromatic carbocycles. The van der Waals surface area contributed by atoms with Gasteiger partial charge in [0.25, 0.3) is 0 Å². The van der Waals surface area contributed by atoms with E-state index in [1.54, 1.807) is 7.05 Å². The largest absolute Gasteiger partial charge is 0.359 e. The molecule has 0 aromatic heterocycles. The lowest BCUT2D eigenvalue weighted by Gasteiger charge is -2.33. The lowest BCUT2D eigenvalue weighted by atomic mass is 9.72. The molecule has 1 saturated carbocycles. The van der Waals surface area contributed by atoms with E-state index in [1.807, 2.05) is 0 Å². The monoisotopic (exact) mass is 197 g/mol. The normalized spacial score (nSPS) is 20.4. The van der Waals surface area contributed by atoms with Crippen molar-refractivity contribution in [2.24, 2.45) is 5.41 Å². The van der Waals surface area contributed by atoms with E-state index in [9.17, 15) is 4.79 Å². The Hall–Kier alpha value is -0.530. The summed E-state index contributed by atoms with van der Waals surface area (Å²) in [6.07, 6.45) is 9.88. The molecule has 1 amide bonds. The third-order valence-corrected chi connectivity index (χ3v) is 3.52. The fourth-order valence-corrected chi connectivity index (χ4v) is 2.46. The molecule has 1 fully saturated rings. The van der Waals surface area contributed by atoms with Gasteiger partial charge in [0.15, 0.2) is 0 Å². The second-order valence-electron chi connectivity index (χ2n) is 4.90. The van der Waals surface area contributed by atoms with Gasteiger partial charge in [0, 0.05) is 13.5 Å². The summed E-state index contributed by atoms with van der Waals surface area (Å²) in [5.74, 6) is 0.185. The Morgan fingerprint density at radius 1 is 1.29 bits per heavy atom. The molecule has 1 rings (SSSR count). The smallest absolute Gasteiger partial charge is 0.219 e. The highest BCUT2D eigenvalue weighted by molar-refractivity contribution is 5.75. The van der Waals surface area contributed by atoms with E-state index < -0.39 is 0 Å². The molecule has 0 bridgehead atoms. The van der Waals surface area contributed by atoms with Crippen LogP contribution in [0, 0.1) is 5.41 Å². The van der Waals surface area contributed by atoms with Gasteiger partial charge in [-0.05, 0) is 31.1 Å². The van der Waals surface area contributed by atoms with Crippen molar-refractivity contribution in [2.45, 2.75) is 58.3 Å². The highest BCUT2D eigenvalue weighted by atomic mass is 16.1. The molecule has 1 N–H and O–H groups in total. The molecule has 2 nitrogen and oxygen atoms in total. The van der Waals surface area contributed by atoms with Crippen molar-refractivity contribution in [2.75, 3.05) is 7.05 Å². The van der Waals surface area contributed by atoms with Crippen LogP contribution in [0.5, 0.6) is 0 Å². The van der Waals surface area contributed by atoms with Gasteiger partial charge in [0.05, 0.1) is 0 Å². The summed E-state index contributed by atoms with van der Waals surface area (Å²) in [5, 5.41) is 2.68. The lowest BCUT2D eigenvalue weighted by molar-refractivity contribution is -0.120. The van der Waals surface area contributed by atoms with Crippen LogP contribution in [0.4, 0.5) is 0 Å². The van der Waals surface area contributed by atoms with Crippen LogP contribution in [0.15, 0.2) is 0 Å². The van der Waals surface area contributed by atoms with Gasteiger partial charge in [-0.15, -0.1) is 0 Å². The average Bonchev–Trinajstić information content (AvgIpc) is 2.18. The van der Waals surface area contributed by atoms with Crippen molar-refractivity contribution in [3.05, 3.63) is 0 Å².